The van der Waals surface area contributed by atoms with Gasteiger partial charge in [-0.1, -0.05) is 24.3 Å². The molecule has 1 aliphatic carbocycles. The zero-order valence-electron chi connectivity index (χ0n) is 11.8. The van der Waals surface area contributed by atoms with Crippen molar-refractivity contribution in [1.82, 2.24) is 5.43 Å². The molecule has 0 radical (unpaired) electrons. The topological polar surface area (TPSA) is 50.4 Å². The van der Waals surface area contributed by atoms with E-state index >= 15 is 0 Å². The predicted octanol–water partition coefficient (Wildman–Crippen LogP) is 2.70. The zero-order chi connectivity index (χ0) is 14.5. The van der Waals surface area contributed by atoms with Gasteiger partial charge >= 0.3 is 0 Å². The Morgan fingerprint density at radius 1 is 1.05 bits per heavy atom. The first kappa shape index (κ1) is 13.5. The van der Waals surface area contributed by atoms with Crippen LogP contribution < -0.4 is 15.6 Å². The largest absolute Gasteiger partial charge is 0.484 e. The second-order valence-corrected chi connectivity index (χ2v) is 5.11. The quantitative estimate of drug-likeness (QED) is 0.829. The number of hydrogen-bond acceptors (Lipinski definition) is 3. The van der Waals surface area contributed by atoms with Gasteiger partial charge in [-0.15, -0.1) is 0 Å². The predicted molar refractivity (Wildman–Crippen MR) is 82.2 cm³/mol. The summed E-state index contributed by atoms with van der Waals surface area (Å²) in [5.74, 6) is 0.546. The number of anilines is 1. The molecule has 0 aliphatic heterocycles. The van der Waals surface area contributed by atoms with Gasteiger partial charge in [-0.25, -0.2) is 0 Å². The molecule has 0 unspecified atom stereocenters. The molecule has 0 heterocycles. The van der Waals surface area contributed by atoms with Gasteiger partial charge < -0.3 is 4.74 Å². The van der Waals surface area contributed by atoms with Crippen LogP contribution in [0.2, 0.25) is 0 Å². The zero-order valence-corrected chi connectivity index (χ0v) is 11.8. The van der Waals surface area contributed by atoms with Crippen molar-refractivity contribution >= 4 is 11.6 Å². The molecule has 4 heteroatoms. The molecule has 0 atom stereocenters. The van der Waals surface area contributed by atoms with Crippen molar-refractivity contribution in [3.05, 3.63) is 59.7 Å². The Labute approximate surface area is 124 Å². The summed E-state index contributed by atoms with van der Waals surface area (Å²) in [7, 11) is 0. The highest BCUT2D eigenvalue weighted by atomic mass is 16.5. The van der Waals surface area contributed by atoms with Crippen LogP contribution in [0.4, 0.5) is 5.69 Å². The van der Waals surface area contributed by atoms with E-state index in [-0.39, 0.29) is 12.5 Å². The van der Waals surface area contributed by atoms with E-state index < -0.39 is 0 Å². The Morgan fingerprint density at radius 3 is 2.71 bits per heavy atom. The van der Waals surface area contributed by atoms with Crippen LogP contribution in [0.1, 0.15) is 17.5 Å². The van der Waals surface area contributed by atoms with Crippen molar-refractivity contribution in [2.45, 2.75) is 19.3 Å². The molecule has 0 bridgehead atoms. The number of hydrogen-bond donors (Lipinski definition) is 2. The first-order chi connectivity index (χ1) is 10.3. The lowest BCUT2D eigenvalue weighted by Gasteiger charge is -2.10. The number of para-hydroxylation sites is 1. The van der Waals surface area contributed by atoms with E-state index in [0.717, 1.165) is 24.3 Å². The maximum absolute atomic E-state index is 11.7. The Morgan fingerprint density at radius 2 is 1.86 bits per heavy atom. The van der Waals surface area contributed by atoms with Gasteiger partial charge in [0.15, 0.2) is 6.61 Å². The van der Waals surface area contributed by atoms with E-state index in [1.807, 2.05) is 42.5 Å². The molecule has 2 aromatic carbocycles. The fourth-order valence-corrected chi connectivity index (χ4v) is 2.49. The summed E-state index contributed by atoms with van der Waals surface area (Å²) < 4.78 is 5.53. The van der Waals surface area contributed by atoms with Crippen molar-refractivity contribution in [3.8, 4) is 5.75 Å². The minimum atomic E-state index is -0.209. The van der Waals surface area contributed by atoms with Crippen LogP contribution in [0.25, 0.3) is 0 Å². The molecule has 0 spiro atoms. The second-order valence-electron chi connectivity index (χ2n) is 5.11. The standard InChI is InChI=1S/C17H18N2O2/c20-17(19-18-15-7-2-1-3-8-15)12-21-16-10-9-13-5-4-6-14(13)11-16/h1-3,7-11,18H,4-6,12H2,(H,19,20). The van der Waals surface area contributed by atoms with Crippen LogP contribution in [0.15, 0.2) is 48.5 Å². The molecule has 4 nitrogen and oxygen atoms in total. The first-order valence-electron chi connectivity index (χ1n) is 7.16. The van der Waals surface area contributed by atoms with Crippen LogP contribution >= 0.6 is 0 Å². The summed E-state index contributed by atoms with van der Waals surface area (Å²) in [6.45, 7) is -0.00137. The number of hydrazine groups is 1. The lowest BCUT2D eigenvalue weighted by Crippen LogP contribution is -2.33. The van der Waals surface area contributed by atoms with Gasteiger partial charge in [0, 0.05) is 0 Å². The number of rotatable bonds is 5. The van der Waals surface area contributed by atoms with E-state index in [1.54, 1.807) is 0 Å². The van der Waals surface area contributed by atoms with E-state index in [1.165, 1.54) is 17.5 Å². The molecule has 2 aromatic rings. The lowest BCUT2D eigenvalue weighted by molar-refractivity contribution is -0.122. The van der Waals surface area contributed by atoms with Crippen molar-refractivity contribution in [2.24, 2.45) is 0 Å². The maximum atomic E-state index is 11.7. The maximum Gasteiger partial charge on any atom is 0.276 e. The third-order valence-corrected chi connectivity index (χ3v) is 3.56. The van der Waals surface area contributed by atoms with Crippen LogP contribution in [-0.4, -0.2) is 12.5 Å². The highest BCUT2D eigenvalue weighted by Crippen LogP contribution is 2.25. The smallest absolute Gasteiger partial charge is 0.276 e. The van der Waals surface area contributed by atoms with E-state index in [0.29, 0.717) is 0 Å². The van der Waals surface area contributed by atoms with E-state index in [2.05, 4.69) is 16.9 Å². The molecule has 1 aliphatic rings. The van der Waals surface area contributed by atoms with Gasteiger partial charge in [0.2, 0.25) is 0 Å². The second kappa shape index (κ2) is 6.31. The molecular weight excluding hydrogens is 264 g/mol. The summed E-state index contributed by atoms with van der Waals surface area (Å²) in [4.78, 5) is 11.7. The summed E-state index contributed by atoms with van der Waals surface area (Å²) in [6.07, 6.45) is 3.46. The van der Waals surface area contributed by atoms with Gasteiger partial charge in [0.05, 0.1) is 5.69 Å². The number of carbonyl (C=O) groups excluding carboxylic acids is 1. The average Bonchev–Trinajstić information content (AvgIpc) is 2.99. The Balaban J connectivity index is 1.47. The number of aryl methyl sites for hydroxylation is 2. The minimum Gasteiger partial charge on any atom is -0.484 e. The highest BCUT2D eigenvalue weighted by molar-refractivity contribution is 5.78. The molecule has 0 aromatic heterocycles. The molecule has 0 fully saturated rings. The monoisotopic (exact) mass is 282 g/mol. The van der Waals surface area contributed by atoms with Gasteiger partial charge in [-0.05, 0) is 54.7 Å². The third-order valence-electron chi connectivity index (χ3n) is 3.56. The fraction of sp³-hybridized carbons (Fsp3) is 0.235. The minimum absolute atomic E-state index is 0.00137. The van der Waals surface area contributed by atoms with Gasteiger partial charge in [-0.3, -0.25) is 15.6 Å². The van der Waals surface area contributed by atoms with Gasteiger partial charge in [-0.2, -0.15) is 0 Å². The molecular formula is C17H18N2O2. The van der Waals surface area contributed by atoms with Crippen LogP contribution in [0.3, 0.4) is 0 Å². The van der Waals surface area contributed by atoms with Crippen molar-refractivity contribution < 1.29 is 9.53 Å². The third kappa shape index (κ3) is 3.54. The van der Waals surface area contributed by atoms with Crippen LogP contribution in [-0.2, 0) is 17.6 Å². The number of carbonyl (C=O) groups is 1. The first-order valence-corrected chi connectivity index (χ1v) is 7.16. The molecule has 0 saturated heterocycles. The van der Waals surface area contributed by atoms with Crippen molar-refractivity contribution in [3.63, 3.8) is 0 Å². The van der Waals surface area contributed by atoms with Crippen LogP contribution in [0, 0.1) is 0 Å². The van der Waals surface area contributed by atoms with E-state index in [4.69, 9.17) is 4.74 Å². The molecule has 3 rings (SSSR count). The number of nitrogens with one attached hydrogen (secondary N) is 2. The molecule has 2 N–H and O–H groups in total. The van der Waals surface area contributed by atoms with Gasteiger partial charge in [0.1, 0.15) is 5.75 Å². The van der Waals surface area contributed by atoms with E-state index in [9.17, 15) is 4.79 Å². The lowest BCUT2D eigenvalue weighted by atomic mass is 10.1. The Kier molecular flexibility index (Phi) is 4.05. The normalized spacial score (nSPS) is 12.6. The fourth-order valence-electron chi connectivity index (χ4n) is 2.49. The molecule has 0 saturated carbocycles. The summed E-state index contributed by atoms with van der Waals surface area (Å²) in [5.41, 5.74) is 9.03. The SMILES string of the molecule is O=C(COc1ccc2c(c1)CCC2)NNc1ccccc1. The molecule has 1 amide bonds. The summed E-state index contributed by atoms with van der Waals surface area (Å²) in [6, 6.07) is 15.5. The highest BCUT2D eigenvalue weighted by Gasteiger charge is 2.11. The summed E-state index contributed by atoms with van der Waals surface area (Å²) >= 11 is 0. The Hall–Kier alpha value is -2.49. The number of amides is 1. The van der Waals surface area contributed by atoms with Crippen molar-refractivity contribution in [2.75, 3.05) is 12.0 Å². The van der Waals surface area contributed by atoms with Crippen molar-refractivity contribution in [1.29, 1.82) is 0 Å². The summed E-state index contributed by atoms with van der Waals surface area (Å²) in [5, 5.41) is 0. The Bertz CT molecular complexity index is 626. The number of fused-ring (bicyclic) bond motifs is 1. The van der Waals surface area contributed by atoms with Gasteiger partial charge in [0.25, 0.3) is 5.91 Å². The van der Waals surface area contributed by atoms with Crippen LogP contribution in [0.5, 0.6) is 5.75 Å². The number of ether oxygens (including phenoxy) is 1. The number of benzene rings is 2. The molecule has 108 valence electrons. The molecule has 21 heavy (non-hydrogen) atoms. The average molecular weight is 282 g/mol.